The highest BCUT2D eigenvalue weighted by atomic mass is 79.9. The van der Waals surface area contributed by atoms with Crippen LogP contribution in [-0.4, -0.2) is 196 Å². The molecule has 19 rings (SSSR count). The van der Waals surface area contributed by atoms with Crippen molar-refractivity contribution in [3.05, 3.63) is 303 Å². The van der Waals surface area contributed by atoms with Gasteiger partial charge in [-0.25, -0.2) is 41.1 Å². The summed E-state index contributed by atoms with van der Waals surface area (Å²) in [6, 6.07) is 41.5. The molecule has 0 radical (unpaired) electrons. The summed E-state index contributed by atoms with van der Waals surface area (Å²) < 4.78 is 117. The van der Waals surface area contributed by atoms with Crippen LogP contribution in [0.5, 0.6) is 0 Å². The van der Waals surface area contributed by atoms with E-state index in [0.29, 0.717) is 106 Å². The van der Waals surface area contributed by atoms with Crippen LogP contribution in [0.25, 0.3) is 33.2 Å². The van der Waals surface area contributed by atoms with Crippen molar-refractivity contribution in [1.82, 2.24) is 39.5 Å². The number of carbonyl (C=O) groups is 5. The van der Waals surface area contributed by atoms with Crippen LogP contribution in [0.4, 0.5) is 71.8 Å². The lowest BCUT2D eigenvalue weighted by molar-refractivity contribution is -0.385. The Morgan fingerprint density at radius 3 is 1.39 bits per heavy atom. The predicted octanol–water partition coefficient (Wildman–Crippen LogP) is 18.6. The van der Waals surface area contributed by atoms with E-state index in [2.05, 4.69) is 182 Å². The quantitative estimate of drug-likeness (QED) is 0.00904. The lowest BCUT2D eigenvalue weighted by Crippen LogP contribution is -2.41. The van der Waals surface area contributed by atoms with E-state index in [4.69, 9.17) is 46.6 Å². The topological polar surface area (TPSA) is 379 Å². The van der Waals surface area contributed by atoms with Crippen molar-refractivity contribution in [1.29, 1.82) is 0 Å². The third kappa shape index (κ3) is 30.4. The number of anilines is 7. The number of carbonyl (C=O) groups excluding carboxylic acids is 5. The normalized spacial score (nSPS) is 15.3. The average molecular weight is 2440 g/mol. The molecule has 0 spiro atoms. The molecular weight excluding hydrogens is 2330 g/mol. The number of nitro groups is 1. The molecule has 6 aliphatic heterocycles. The number of rotatable bonds is 14. The van der Waals surface area contributed by atoms with Gasteiger partial charge in [0.2, 0.25) is 11.7 Å². The number of aromatic nitrogens is 8. The molecule has 13 aromatic rings. The van der Waals surface area contributed by atoms with Gasteiger partial charge >= 0.3 is 18.3 Å². The number of morpholine rings is 3. The number of nitrogens with one attached hydrogen (secondary N) is 2. The number of nitrogen functional groups attached to an aromatic ring is 2. The fourth-order valence-electron chi connectivity index (χ4n) is 15.6. The van der Waals surface area contributed by atoms with Gasteiger partial charge in [-0.1, -0.05) is 54.0 Å². The maximum Gasteiger partial charge on any atom is 0.498 e. The van der Waals surface area contributed by atoms with Crippen molar-refractivity contribution in [3.63, 3.8) is 0 Å². The van der Waals surface area contributed by atoms with Crippen LogP contribution in [0.15, 0.2) is 202 Å². The maximum absolute atomic E-state index is 14.7. The van der Waals surface area contributed by atoms with Gasteiger partial charge in [0, 0.05) is 179 Å². The Morgan fingerprint density at radius 2 is 0.952 bits per heavy atom. The van der Waals surface area contributed by atoms with Crippen LogP contribution in [0.1, 0.15) is 93.2 Å². The largest absolute Gasteiger partial charge is 0.498 e. The van der Waals surface area contributed by atoms with Crippen molar-refractivity contribution in [2.45, 2.75) is 103 Å². The number of nitrogens with two attached hydrogens (primary N) is 2. The minimum Gasteiger partial charge on any atom is -0.459 e. The number of hydrogen-bond acceptors (Lipinski definition) is 24. The van der Waals surface area contributed by atoms with Gasteiger partial charge in [-0.15, -0.1) is 0 Å². The molecule has 4 saturated heterocycles. The van der Waals surface area contributed by atoms with Crippen molar-refractivity contribution in [2.75, 3.05) is 136 Å². The van der Waals surface area contributed by atoms with Crippen LogP contribution >= 0.6 is 107 Å². The number of aryl methyl sites for hydroxylation is 4. The number of alkyl halides is 1. The summed E-state index contributed by atoms with van der Waals surface area (Å²) in [6.45, 7) is 23.7. The van der Waals surface area contributed by atoms with Crippen molar-refractivity contribution in [2.24, 2.45) is 14.1 Å². The predicted molar refractivity (Wildman–Crippen MR) is 578 cm³/mol. The molecule has 4 aromatic heterocycles. The van der Waals surface area contributed by atoms with Gasteiger partial charge in [0.15, 0.2) is 0 Å². The van der Waals surface area contributed by atoms with Crippen molar-refractivity contribution < 1.29 is 83.5 Å². The van der Waals surface area contributed by atoms with Crippen LogP contribution in [0.2, 0.25) is 0 Å². The summed E-state index contributed by atoms with van der Waals surface area (Å²) in [5.74, 6) is -4.48. The van der Waals surface area contributed by atoms with Crippen molar-refractivity contribution in [3.8, 4) is 11.1 Å². The number of benzene rings is 9. The Kier molecular flexibility index (Phi) is 41.8. The van der Waals surface area contributed by atoms with E-state index < -0.39 is 51.1 Å². The Bertz CT molecular complexity index is 6990. The molecule has 45 heteroatoms. The zero-order valence-electron chi connectivity index (χ0n) is 81.8. The van der Waals surface area contributed by atoms with Gasteiger partial charge in [-0.05, 0) is 276 Å². The second-order valence-corrected chi connectivity index (χ2v) is 40.5. The number of fused-ring (bicyclic) bond motifs is 4. The first-order valence-corrected chi connectivity index (χ1v) is 51.4. The first-order valence-electron chi connectivity index (χ1n) is 46.1. The van der Waals surface area contributed by atoms with Gasteiger partial charge < -0.3 is 73.4 Å². The molecule has 31 nitrogen and oxygen atoms in total. The van der Waals surface area contributed by atoms with Crippen LogP contribution in [0.3, 0.4) is 0 Å². The highest BCUT2D eigenvalue weighted by Gasteiger charge is 2.52. The third-order valence-electron chi connectivity index (χ3n) is 24.5. The number of H-pyrrole nitrogens is 2. The van der Waals surface area contributed by atoms with Crippen LogP contribution < -0.4 is 52.5 Å². The van der Waals surface area contributed by atoms with E-state index in [-0.39, 0.29) is 79.5 Å². The minimum atomic E-state index is -1.08. The van der Waals surface area contributed by atoms with Gasteiger partial charge in [0.1, 0.15) is 46.3 Å². The Morgan fingerprint density at radius 1 is 0.537 bits per heavy atom. The molecule has 6 N–H and O–H groups in total. The summed E-state index contributed by atoms with van der Waals surface area (Å²) in [5.41, 5.74) is 26.0. The van der Waals surface area contributed by atoms with Crippen LogP contribution in [0, 0.1) is 45.0 Å². The molecule has 1 unspecified atom stereocenters. The molecule has 1 atom stereocenters. The van der Waals surface area contributed by atoms with Gasteiger partial charge in [-0.3, -0.25) is 49.1 Å². The third-order valence-corrected chi connectivity index (χ3v) is 28.4. The summed E-state index contributed by atoms with van der Waals surface area (Å²) in [7, 11) is 6.26. The lowest BCUT2D eigenvalue weighted by Gasteiger charge is -2.32. The zero-order valence-corrected chi connectivity index (χ0v) is 92.1. The fraction of sp³-hybridized carbons (Fsp3) is 0.324. The lowest BCUT2D eigenvalue weighted by atomic mass is 9.82. The minimum absolute atomic E-state index is 0.000933. The molecule has 0 aliphatic carbocycles. The maximum atomic E-state index is 14.7. The van der Waals surface area contributed by atoms with Gasteiger partial charge in [0.25, 0.3) is 22.7 Å². The number of ether oxygens (including phenoxy) is 4. The molecule has 10 heterocycles. The number of amides is 2. The van der Waals surface area contributed by atoms with E-state index in [1.54, 1.807) is 88.9 Å². The smallest absolute Gasteiger partial charge is 0.459 e. The highest BCUT2D eigenvalue weighted by Crippen LogP contribution is 2.39. The first-order chi connectivity index (χ1) is 69.8. The number of nitro benzene ring substituents is 1. The number of ketones is 1. The first kappa shape index (κ1) is 116. The van der Waals surface area contributed by atoms with E-state index in [0.717, 1.165) is 142 Å². The molecular formula is C102H106BBr6ClF6N16O15. The summed E-state index contributed by atoms with van der Waals surface area (Å²) in [4.78, 5) is 108. The Labute approximate surface area is 899 Å². The van der Waals surface area contributed by atoms with Crippen LogP contribution in [-0.2, 0) is 105 Å². The molecule has 0 bridgehead atoms. The summed E-state index contributed by atoms with van der Waals surface area (Å²) >= 11 is 23.3. The van der Waals surface area contributed by atoms with E-state index in [1.807, 2.05) is 71.0 Å². The number of halogens is 13. The fourth-order valence-corrected chi connectivity index (χ4v) is 18.0. The van der Waals surface area contributed by atoms with E-state index >= 15 is 0 Å². The zero-order chi connectivity index (χ0) is 107. The molecule has 9 aromatic carbocycles. The molecule has 778 valence electrons. The Balaban J connectivity index is 0.000000162. The summed E-state index contributed by atoms with van der Waals surface area (Å²) in [5, 5.41) is 22.6. The monoisotopic (exact) mass is 2430 g/mol. The average Bonchev–Trinajstić information content (AvgIpc) is 1.63. The number of esters is 1. The van der Waals surface area contributed by atoms with Gasteiger partial charge in [0.05, 0.1) is 124 Å². The second kappa shape index (κ2) is 53.0. The SMILES string of the molecule is CC1(C)OB(c2cn[nH]c2)OC1(C)C.CCOC(=O)C(=O)Cl.CCc1cc(Br)c(F)cc1N.CCc1cc(Br)c(F)cc1[N+](=O)[O-].CN1C(=O)C(=O)Cc2cc(F)c(Br)cc21.CN1C(=O)C(Br)Cc2cc(F)c(Br)cc21.Cn1c(=O)c(Cc2ccc(N3CCOCC3)cc2)nc2cc(F)c(-c3cn[nH]c3)cc21.Cn1c(=O)c(Cc2ccc(N3CCOCC3)cc2)nc2cc(F)c(Br)cc21.Nc1ccc(N2CCOCC2)cc1. The summed E-state index contributed by atoms with van der Waals surface area (Å²) in [6.07, 6.45) is 9.31. The second-order valence-electron chi connectivity index (χ2n) is 34.7. The number of aromatic amines is 2. The number of nitrogens with zero attached hydrogens (tertiary/aromatic N) is 12. The number of Topliss-reactive ketones (excluding diaryl/α,β-unsaturated/α-hetero) is 1. The molecule has 2 amide bonds. The van der Waals surface area contributed by atoms with E-state index in [1.165, 1.54) is 69.2 Å². The van der Waals surface area contributed by atoms with Crippen molar-refractivity contribution >= 4 is 216 Å². The number of hydrogen-bond donors (Lipinski definition) is 4. The Hall–Kier alpha value is -11.6. The van der Waals surface area contributed by atoms with E-state index in [9.17, 15) is 70.0 Å². The number of likely N-dealkylation sites (N-methyl/N-ethyl adjacent to an activating group) is 1. The molecule has 147 heavy (non-hydrogen) atoms. The van der Waals surface area contributed by atoms with Gasteiger partial charge in [-0.2, -0.15) is 10.2 Å². The molecule has 4 fully saturated rings. The molecule has 6 aliphatic rings. The highest BCUT2D eigenvalue weighted by molar-refractivity contribution is 9.11. The molecule has 0 saturated carbocycles. The standard InChI is InChI=1S/C23H22FN5O2.C20H19BrFN3O2.C10H8Br2FNO.C10H7BrFNO2.C10H14N2O.C9H15BN2O2.C8H7BrFNO2.C8H9BrFN.C4H5ClO3/c1-28-22-11-18(16-13-25-26-14-16)19(24)12-20(22)27-21(23(28)30)10-15-2-4-17(5-3-15)29-6-8-31-9-7-29;1-24-19-11-15(21)16(22)12-17(19)23-18(20(24)26)10-13-2-4-14(5-3-13)25-6-8-27-9-7-25;1-14-9-4-6(11)8(13)3-5(9)2-7(12)10(14)15;1-13-8-4-6(11)7(12)2-5(8)3-9(14)10(13)15;11-9-1-3-10(4-2-9)12-5-7-13-8-6-12;1-8(2)9(3,4)14-10(13-8)7-5-11-12-6-7;1-2-5-3-6(9)7(10)4-8(5)11(12)13;1-2-5-3-6(9)7(10)4-8(5)11;1-2-8-4(7)3(5)6/h2-5,11-14H,6-10H2,1H3,(H,25,26);2-5,11-12H,6-10H2,1H3;3-4,7H,2H2,1H3;2,4H,3H2,1H3;1-4H,5-8,11H2;5-6H,1-4H3,(H,11,12);3-4H,2H2,1H3;3-4H,2,11H2,1H3;2H2,1H3.